The summed E-state index contributed by atoms with van der Waals surface area (Å²) in [5.41, 5.74) is 9.03. The largest absolute Gasteiger partial charge is 0.344 e. The maximum Gasteiger partial charge on any atom is 0.0497 e. The van der Waals surface area contributed by atoms with Crippen molar-refractivity contribution in [2.75, 3.05) is 0 Å². The van der Waals surface area contributed by atoms with Gasteiger partial charge in [-0.25, -0.2) is 0 Å². The molecule has 17 heavy (non-hydrogen) atoms. The van der Waals surface area contributed by atoms with E-state index >= 15 is 0 Å². The SMILES string of the molecule is NC1(c2cn(C3CC3)c3cccc(Br)c23)CC1. The number of fused-ring (bicyclic) bond motifs is 1. The molecule has 2 saturated carbocycles. The Morgan fingerprint density at radius 3 is 2.71 bits per heavy atom. The molecule has 0 atom stereocenters. The van der Waals surface area contributed by atoms with Gasteiger partial charge in [0.1, 0.15) is 0 Å². The Balaban J connectivity index is 2.05. The number of halogens is 1. The van der Waals surface area contributed by atoms with Gasteiger partial charge in [0, 0.05) is 33.2 Å². The molecular weight excluding hydrogens is 276 g/mol. The van der Waals surface area contributed by atoms with Crippen molar-refractivity contribution in [3.8, 4) is 0 Å². The van der Waals surface area contributed by atoms with Gasteiger partial charge in [0.2, 0.25) is 0 Å². The Kier molecular flexibility index (Phi) is 1.88. The van der Waals surface area contributed by atoms with Crippen molar-refractivity contribution >= 4 is 26.8 Å². The van der Waals surface area contributed by atoms with Crippen LogP contribution in [-0.4, -0.2) is 4.57 Å². The lowest BCUT2D eigenvalue weighted by Gasteiger charge is -2.07. The maximum absolute atomic E-state index is 6.40. The van der Waals surface area contributed by atoms with Crippen LogP contribution in [0.15, 0.2) is 28.9 Å². The zero-order chi connectivity index (χ0) is 11.6. The molecule has 4 rings (SSSR count). The van der Waals surface area contributed by atoms with Gasteiger partial charge in [-0.15, -0.1) is 0 Å². The van der Waals surface area contributed by atoms with Gasteiger partial charge in [0.05, 0.1) is 0 Å². The van der Waals surface area contributed by atoms with Crippen molar-refractivity contribution in [3.63, 3.8) is 0 Å². The minimum absolute atomic E-state index is 0.0533. The Hall–Kier alpha value is -0.800. The highest BCUT2D eigenvalue weighted by Gasteiger charge is 2.43. The summed E-state index contributed by atoms with van der Waals surface area (Å²) in [5, 5.41) is 1.33. The second kappa shape index (κ2) is 3.15. The molecule has 2 fully saturated rings. The summed E-state index contributed by atoms with van der Waals surface area (Å²) < 4.78 is 3.61. The van der Waals surface area contributed by atoms with Crippen molar-refractivity contribution in [3.05, 3.63) is 34.4 Å². The monoisotopic (exact) mass is 290 g/mol. The molecule has 2 N–H and O–H groups in total. The lowest BCUT2D eigenvalue weighted by molar-refractivity contribution is 0.720. The summed E-state index contributed by atoms with van der Waals surface area (Å²) in [6.07, 6.45) is 7.18. The van der Waals surface area contributed by atoms with Crippen LogP contribution in [0.3, 0.4) is 0 Å². The van der Waals surface area contributed by atoms with Crippen molar-refractivity contribution in [2.45, 2.75) is 37.3 Å². The molecule has 2 aromatic rings. The van der Waals surface area contributed by atoms with Gasteiger partial charge in [-0.3, -0.25) is 0 Å². The van der Waals surface area contributed by atoms with Crippen molar-refractivity contribution < 1.29 is 0 Å². The quantitative estimate of drug-likeness (QED) is 0.899. The molecule has 0 bridgehead atoms. The van der Waals surface area contributed by atoms with Gasteiger partial charge in [-0.05, 0) is 43.4 Å². The van der Waals surface area contributed by atoms with E-state index in [0.29, 0.717) is 6.04 Å². The van der Waals surface area contributed by atoms with Crippen LogP contribution in [0.1, 0.15) is 37.3 Å². The van der Waals surface area contributed by atoms with E-state index < -0.39 is 0 Å². The van der Waals surface area contributed by atoms with Crippen LogP contribution in [0.5, 0.6) is 0 Å². The topological polar surface area (TPSA) is 30.9 Å². The molecule has 0 radical (unpaired) electrons. The molecular formula is C14H15BrN2. The highest BCUT2D eigenvalue weighted by molar-refractivity contribution is 9.10. The Morgan fingerprint density at radius 2 is 2.06 bits per heavy atom. The average molecular weight is 291 g/mol. The minimum Gasteiger partial charge on any atom is -0.344 e. The van der Waals surface area contributed by atoms with E-state index in [1.807, 2.05) is 0 Å². The van der Waals surface area contributed by atoms with Crippen LogP contribution in [0, 0.1) is 0 Å². The summed E-state index contributed by atoms with van der Waals surface area (Å²) in [6, 6.07) is 7.16. The lowest BCUT2D eigenvalue weighted by atomic mass is 10.1. The van der Waals surface area contributed by atoms with E-state index in [2.05, 4.69) is 44.9 Å². The van der Waals surface area contributed by atoms with E-state index in [1.54, 1.807) is 0 Å². The minimum atomic E-state index is -0.0533. The number of rotatable bonds is 2. The van der Waals surface area contributed by atoms with E-state index in [1.165, 1.54) is 33.8 Å². The summed E-state index contributed by atoms with van der Waals surface area (Å²) in [7, 11) is 0. The molecule has 1 aromatic heterocycles. The first-order valence-electron chi connectivity index (χ1n) is 6.27. The first kappa shape index (κ1) is 10.2. The van der Waals surface area contributed by atoms with Gasteiger partial charge in [-0.1, -0.05) is 22.0 Å². The fourth-order valence-electron chi connectivity index (χ4n) is 2.70. The van der Waals surface area contributed by atoms with Crippen LogP contribution in [0.2, 0.25) is 0 Å². The van der Waals surface area contributed by atoms with Gasteiger partial charge < -0.3 is 10.3 Å². The highest BCUT2D eigenvalue weighted by atomic mass is 79.9. The van der Waals surface area contributed by atoms with E-state index in [9.17, 15) is 0 Å². The van der Waals surface area contributed by atoms with E-state index in [0.717, 1.165) is 12.8 Å². The molecule has 2 aliphatic rings. The number of hydrogen-bond donors (Lipinski definition) is 1. The van der Waals surface area contributed by atoms with Gasteiger partial charge in [0.25, 0.3) is 0 Å². The molecule has 0 spiro atoms. The fraction of sp³-hybridized carbons (Fsp3) is 0.429. The molecule has 0 saturated heterocycles. The molecule has 1 aromatic carbocycles. The van der Waals surface area contributed by atoms with Crippen LogP contribution >= 0.6 is 15.9 Å². The molecule has 88 valence electrons. The van der Waals surface area contributed by atoms with Crippen LogP contribution in [0.4, 0.5) is 0 Å². The number of benzene rings is 1. The van der Waals surface area contributed by atoms with Gasteiger partial charge in [-0.2, -0.15) is 0 Å². The molecule has 3 heteroatoms. The number of nitrogens with two attached hydrogens (primary N) is 1. The molecule has 0 aliphatic heterocycles. The zero-order valence-electron chi connectivity index (χ0n) is 9.62. The third kappa shape index (κ3) is 1.42. The third-order valence-corrected chi connectivity index (χ3v) is 4.73. The highest BCUT2D eigenvalue weighted by Crippen LogP contribution is 2.49. The first-order valence-corrected chi connectivity index (χ1v) is 7.07. The third-order valence-electron chi connectivity index (χ3n) is 4.07. The number of hydrogen-bond acceptors (Lipinski definition) is 1. The fourth-order valence-corrected chi connectivity index (χ4v) is 3.27. The number of aromatic nitrogens is 1. The first-order chi connectivity index (χ1) is 8.19. The standard InChI is InChI=1S/C14H15BrN2/c15-11-2-1-3-12-13(11)10(14(16)6-7-14)8-17(12)9-4-5-9/h1-3,8-9H,4-7,16H2. The second-order valence-corrected chi connectivity index (χ2v) is 6.33. The molecule has 0 amide bonds. The Labute approximate surface area is 109 Å². The van der Waals surface area contributed by atoms with Gasteiger partial charge >= 0.3 is 0 Å². The summed E-state index contributed by atoms with van der Waals surface area (Å²) in [6.45, 7) is 0. The van der Waals surface area contributed by atoms with E-state index in [-0.39, 0.29) is 5.54 Å². The van der Waals surface area contributed by atoms with E-state index in [4.69, 9.17) is 5.73 Å². The van der Waals surface area contributed by atoms with Crippen molar-refractivity contribution in [2.24, 2.45) is 5.73 Å². The van der Waals surface area contributed by atoms with Crippen LogP contribution in [0.25, 0.3) is 10.9 Å². The van der Waals surface area contributed by atoms with Crippen LogP contribution in [-0.2, 0) is 5.54 Å². The van der Waals surface area contributed by atoms with Gasteiger partial charge in [0.15, 0.2) is 0 Å². The molecule has 0 unspecified atom stereocenters. The summed E-state index contributed by atoms with van der Waals surface area (Å²) in [5.74, 6) is 0. The summed E-state index contributed by atoms with van der Waals surface area (Å²) in [4.78, 5) is 0. The van der Waals surface area contributed by atoms with Crippen molar-refractivity contribution in [1.82, 2.24) is 4.57 Å². The maximum atomic E-state index is 6.40. The normalized spacial score (nSPS) is 22.0. The zero-order valence-corrected chi connectivity index (χ0v) is 11.2. The molecule has 2 nitrogen and oxygen atoms in total. The molecule has 2 aliphatic carbocycles. The van der Waals surface area contributed by atoms with Crippen LogP contribution < -0.4 is 5.73 Å². The predicted molar refractivity (Wildman–Crippen MR) is 73.0 cm³/mol. The molecule has 1 heterocycles. The predicted octanol–water partition coefficient (Wildman–Crippen LogP) is 3.69. The van der Waals surface area contributed by atoms with Crippen molar-refractivity contribution in [1.29, 1.82) is 0 Å². The smallest absolute Gasteiger partial charge is 0.0497 e. The lowest BCUT2D eigenvalue weighted by Crippen LogP contribution is -2.18. The Morgan fingerprint density at radius 1 is 1.29 bits per heavy atom. The summed E-state index contributed by atoms with van der Waals surface area (Å²) >= 11 is 3.68. The average Bonchev–Trinajstić information content (AvgIpc) is 3.22. The number of nitrogens with zero attached hydrogens (tertiary/aromatic N) is 1. The second-order valence-electron chi connectivity index (χ2n) is 5.47. The Bertz CT molecular complexity index is 606.